The van der Waals surface area contributed by atoms with E-state index in [4.69, 9.17) is 0 Å². The molecule has 0 aromatic carbocycles. The summed E-state index contributed by atoms with van der Waals surface area (Å²) in [5, 5.41) is 4.78. The van der Waals surface area contributed by atoms with E-state index in [0.717, 1.165) is 0 Å². The molecule has 5 nitrogen and oxygen atoms in total. The van der Waals surface area contributed by atoms with Crippen LogP contribution in [-0.2, 0) is 16.1 Å². The molecule has 68 valence electrons. The Kier molecular flexibility index (Phi) is 3.31. The van der Waals surface area contributed by atoms with E-state index in [0.29, 0.717) is 10.8 Å². The third-order valence-electron chi connectivity index (χ3n) is 1.14. The summed E-state index contributed by atoms with van der Waals surface area (Å²) in [6.45, 7) is 1.62. The third-order valence-corrected chi connectivity index (χ3v) is 1.95. The number of hydrogen-bond acceptors (Lipinski definition) is 5. The Bertz CT molecular complexity index is 336. The van der Waals surface area contributed by atoms with E-state index in [-0.39, 0.29) is 12.5 Å². The van der Waals surface area contributed by atoms with Crippen molar-refractivity contribution >= 4 is 28.5 Å². The van der Waals surface area contributed by atoms with Gasteiger partial charge in [-0.2, -0.15) is 4.99 Å². The number of isocyanates is 1. The lowest BCUT2D eigenvalue weighted by molar-refractivity contribution is -0.114. The molecule has 0 atom stereocenters. The molecule has 1 rings (SSSR count). The van der Waals surface area contributed by atoms with E-state index in [2.05, 4.69) is 15.3 Å². The zero-order valence-corrected chi connectivity index (χ0v) is 7.72. The molecule has 0 aliphatic heterocycles. The fourth-order valence-electron chi connectivity index (χ4n) is 0.701. The standard InChI is InChI=1S/C7H7N3O2S/c1-5(12)9-7-10-6(3-13-7)2-8-4-11/h3H,2H2,1H3,(H,9,10,12). The molecule has 0 fully saturated rings. The highest BCUT2D eigenvalue weighted by Gasteiger charge is 2.01. The fourth-order valence-corrected chi connectivity index (χ4v) is 1.45. The Balaban J connectivity index is 2.63. The van der Waals surface area contributed by atoms with Gasteiger partial charge in [0.2, 0.25) is 12.0 Å². The van der Waals surface area contributed by atoms with E-state index in [1.807, 2.05) is 0 Å². The van der Waals surface area contributed by atoms with Crippen molar-refractivity contribution in [2.75, 3.05) is 5.32 Å². The molecule has 6 heteroatoms. The molecule has 1 heterocycles. The number of carbonyl (C=O) groups excluding carboxylic acids is 2. The van der Waals surface area contributed by atoms with Crippen LogP contribution in [0.15, 0.2) is 10.4 Å². The molecule has 1 aromatic heterocycles. The lowest BCUT2D eigenvalue weighted by Gasteiger charge is -1.92. The van der Waals surface area contributed by atoms with Gasteiger partial charge in [-0.25, -0.2) is 9.78 Å². The average Bonchev–Trinajstić information content (AvgIpc) is 2.48. The van der Waals surface area contributed by atoms with Crippen LogP contribution in [0.4, 0.5) is 5.13 Å². The summed E-state index contributed by atoms with van der Waals surface area (Å²) in [6.07, 6.45) is 1.42. The molecular weight excluding hydrogens is 190 g/mol. The zero-order valence-electron chi connectivity index (χ0n) is 6.90. The zero-order chi connectivity index (χ0) is 9.68. The predicted molar refractivity (Wildman–Crippen MR) is 48.2 cm³/mol. The number of aromatic nitrogens is 1. The molecule has 0 aliphatic carbocycles. The number of amides is 1. The van der Waals surface area contributed by atoms with Crippen LogP contribution >= 0.6 is 11.3 Å². The SMILES string of the molecule is CC(=O)Nc1nc(CN=C=O)cs1. The Morgan fingerprint density at radius 1 is 1.85 bits per heavy atom. The van der Waals surface area contributed by atoms with Crippen LogP contribution in [0.5, 0.6) is 0 Å². The monoisotopic (exact) mass is 197 g/mol. The van der Waals surface area contributed by atoms with Crippen molar-refractivity contribution in [3.63, 3.8) is 0 Å². The average molecular weight is 197 g/mol. The first-order valence-corrected chi connectivity index (χ1v) is 4.36. The summed E-state index contributed by atoms with van der Waals surface area (Å²) < 4.78 is 0. The molecule has 1 amide bonds. The van der Waals surface area contributed by atoms with Gasteiger partial charge in [-0.15, -0.1) is 11.3 Å². The van der Waals surface area contributed by atoms with Crippen molar-refractivity contribution in [3.05, 3.63) is 11.1 Å². The quantitative estimate of drug-likeness (QED) is 0.579. The van der Waals surface area contributed by atoms with Gasteiger partial charge in [0.05, 0.1) is 12.2 Å². The van der Waals surface area contributed by atoms with Gasteiger partial charge in [-0.3, -0.25) is 4.79 Å². The maximum absolute atomic E-state index is 10.6. The van der Waals surface area contributed by atoms with Crippen molar-refractivity contribution in [2.45, 2.75) is 13.5 Å². The maximum atomic E-state index is 10.6. The normalized spacial score (nSPS) is 9.00. The van der Waals surface area contributed by atoms with E-state index in [1.54, 1.807) is 5.38 Å². The highest BCUT2D eigenvalue weighted by molar-refractivity contribution is 7.13. The second-order valence-electron chi connectivity index (χ2n) is 2.23. The fraction of sp³-hybridized carbons (Fsp3) is 0.286. The molecule has 0 saturated carbocycles. The number of nitrogens with zero attached hydrogens (tertiary/aromatic N) is 2. The molecule has 1 aromatic rings. The molecule has 13 heavy (non-hydrogen) atoms. The largest absolute Gasteiger partial charge is 0.302 e. The van der Waals surface area contributed by atoms with E-state index >= 15 is 0 Å². The Hall–Kier alpha value is -1.52. The minimum absolute atomic E-state index is 0.167. The molecular formula is C7H7N3O2S. The first-order valence-electron chi connectivity index (χ1n) is 3.48. The summed E-state index contributed by atoms with van der Waals surface area (Å²) in [6, 6.07) is 0. The molecule has 0 radical (unpaired) electrons. The van der Waals surface area contributed by atoms with Gasteiger partial charge in [0, 0.05) is 12.3 Å². The summed E-state index contributed by atoms with van der Waals surface area (Å²) in [4.78, 5) is 27.7. The molecule has 0 bridgehead atoms. The Morgan fingerprint density at radius 2 is 2.62 bits per heavy atom. The van der Waals surface area contributed by atoms with Gasteiger partial charge in [0.1, 0.15) is 0 Å². The summed E-state index contributed by atoms with van der Waals surface area (Å²) in [5.74, 6) is -0.167. The third kappa shape index (κ3) is 3.14. The number of rotatable bonds is 3. The first-order chi connectivity index (χ1) is 6.22. The molecule has 0 saturated heterocycles. The number of carbonyl (C=O) groups is 1. The summed E-state index contributed by atoms with van der Waals surface area (Å²) in [7, 11) is 0. The van der Waals surface area contributed by atoms with Crippen molar-refractivity contribution in [3.8, 4) is 0 Å². The maximum Gasteiger partial charge on any atom is 0.235 e. The van der Waals surface area contributed by atoms with Gasteiger partial charge in [-0.05, 0) is 0 Å². The van der Waals surface area contributed by atoms with E-state index in [1.165, 1.54) is 24.3 Å². The first kappa shape index (κ1) is 9.57. The van der Waals surface area contributed by atoms with Crippen LogP contribution in [0.25, 0.3) is 0 Å². The van der Waals surface area contributed by atoms with Crippen molar-refractivity contribution in [2.24, 2.45) is 4.99 Å². The lowest BCUT2D eigenvalue weighted by atomic mass is 10.5. The lowest BCUT2D eigenvalue weighted by Crippen LogP contribution is -2.05. The summed E-state index contributed by atoms with van der Waals surface area (Å²) in [5.41, 5.74) is 0.650. The number of anilines is 1. The number of thiazole rings is 1. The van der Waals surface area contributed by atoms with E-state index in [9.17, 15) is 9.59 Å². The molecule has 0 unspecified atom stereocenters. The number of aliphatic imine (C=N–C) groups is 1. The number of nitrogens with one attached hydrogen (secondary N) is 1. The second-order valence-corrected chi connectivity index (χ2v) is 3.09. The second kappa shape index (κ2) is 4.49. The minimum Gasteiger partial charge on any atom is -0.302 e. The van der Waals surface area contributed by atoms with Gasteiger partial charge >= 0.3 is 0 Å². The van der Waals surface area contributed by atoms with Crippen molar-refractivity contribution in [1.29, 1.82) is 0 Å². The van der Waals surface area contributed by atoms with E-state index < -0.39 is 0 Å². The van der Waals surface area contributed by atoms with Gasteiger partial charge in [-0.1, -0.05) is 0 Å². The smallest absolute Gasteiger partial charge is 0.235 e. The summed E-state index contributed by atoms with van der Waals surface area (Å²) >= 11 is 1.30. The number of hydrogen-bond donors (Lipinski definition) is 1. The van der Waals surface area contributed by atoms with Gasteiger partial charge < -0.3 is 5.32 Å². The van der Waals surface area contributed by atoms with Crippen LogP contribution in [-0.4, -0.2) is 17.0 Å². The van der Waals surface area contributed by atoms with Crippen LogP contribution in [0.1, 0.15) is 12.6 Å². The Labute approximate surface area is 78.5 Å². The highest BCUT2D eigenvalue weighted by Crippen LogP contribution is 2.15. The highest BCUT2D eigenvalue weighted by atomic mass is 32.1. The molecule has 1 N–H and O–H groups in total. The van der Waals surface area contributed by atoms with Crippen LogP contribution in [0.2, 0.25) is 0 Å². The molecule has 0 spiro atoms. The van der Waals surface area contributed by atoms with Crippen molar-refractivity contribution in [1.82, 2.24) is 4.98 Å². The van der Waals surface area contributed by atoms with Crippen molar-refractivity contribution < 1.29 is 9.59 Å². The minimum atomic E-state index is -0.167. The van der Waals surface area contributed by atoms with Gasteiger partial charge in [0.25, 0.3) is 0 Å². The van der Waals surface area contributed by atoms with Crippen LogP contribution in [0.3, 0.4) is 0 Å². The predicted octanol–water partition coefficient (Wildman–Crippen LogP) is 0.937. The van der Waals surface area contributed by atoms with Crippen LogP contribution in [0, 0.1) is 0 Å². The van der Waals surface area contributed by atoms with Crippen LogP contribution < -0.4 is 5.32 Å². The topological polar surface area (TPSA) is 71.4 Å². The molecule has 0 aliphatic rings. The van der Waals surface area contributed by atoms with Gasteiger partial charge in [0.15, 0.2) is 5.13 Å². The Morgan fingerprint density at radius 3 is 3.23 bits per heavy atom.